The topological polar surface area (TPSA) is 96.9 Å². The molecule has 0 spiro atoms. The van der Waals surface area contributed by atoms with Crippen LogP contribution in [0.1, 0.15) is 44.4 Å². The summed E-state index contributed by atoms with van der Waals surface area (Å²) in [5, 5.41) is 10.9. The lowest BCUT2D eigenvalue weighted by atomic mass is 9.78. The number of ether oxygens (including phenoxy) is 1. The van der Waals surface area contributed by atoms with E-state index in [9.17, 15) is 0 Å². The molecule has 3 atom stereocenters. The van der Waals surface area contributed by atoms with Gasteiger partial charge in [-0.25, -0.2) is 4.98 Å². The predicted octanol–water partition coefficient (Wildman–Crippen LogP) is 4.10. The highest BCUT2D eigenvalue weighted by atomic mass is 16.5. The third kappa shape index (κ3) is 4.31. The second kappa shape index (κ2) is 7.72. The Hall–Kier alpha value is -2.63. The number of rotatable bonds is 5. The standard InChI is InChI=1S/C20H27N5O/c1-12-5-4-6-17(14(12)3)24-20-23-13(2)11-18(25-20)26-16-9-7-15(8-10-16)19(21)22/h7-12,14,17H,4-6H2,1-3H3,(H3,21,22)(H,23,24,25). The number of nitrogen functional groups attached to an aromatic ring is 1. The van der Waals surface area contributed by atoms with Crippen molar-refractivity contribution in [2.24, 2.45) is 17.6 Å². The van der Waals surface area contributed by atoms with Crippen molar-refractivity contribution in [3.63, 3.8) is 0 Å². The maximum absolute atomic E-state index is 7.44. The molecule has 4 N–H and O–H groups in total. The van der Waals surface area contributed by atoms with Gasteiger partial charge in [0.05, 0.1) is 0 Å². The lowest BCUT2D eigenvalue weighted by molar-refractivity contribution is 0.252. The van der Waals surface area contributed by atoms with Gasteiger partial charge in [0.1, 0.15) is 11.6 Å². The minimum absolute atomic E-state index is 0.0387. The number of hydrogen-bond acceptors (Lipinski definition) is 5. The van der Waals surface area contributed by atoms with Crippen LogP contribution in [0.4, 0.5) is 5.95 Å². The molecule has 3 unspecified atom stereocenters. The number of amidine groups is 1. The number of aromatic nitrogens is 2. The summed E-state index contributed by atoms with van der Waals surface area (Å²) in [5.41, 5.74) is 7.00. The molecule has 0 saturated heterocycles. The smallest absolute Gasteiger partial charge is 0.226 e. The summed E-state index contributed by atoms with van der Waals surface area (Å²) in [6.07, 6.45) is 3.67. The summed E-state index contributed by atoms with van der Waals surface area (Å²) < 4.78 is 5.87. The summed E-state index contributed by atoms with van der Waals surface area (Å²) in [5.74, 6) is 3.12. The fourth-order valence-corrected chi connectivity index (χ4v) is 3.43. The normalized spacial score (nSPS) is 22.7. The van der Waals surface area contributed by atoms with Gasteiger partial charge in [-0.1, -0.05) is 26.7 Å². The first-order valence-electron chi connectivity index (χ1n) is 9.17. The maximum atomic E-state index is 7.44. The first-order valence-corrected chi connectivity index (χ1v) is 9.17. The van der Waals surface area contributed by atoms with E-state index in [2.05, 4.69) is 29.1 Å². The van der Waals surface area contributed by atoms with Gasteiger partial charge in [0.15, 0.2) is 0 Å². The Morgan fingerprint density at radius 3 is 2.62 bits per heavy atom. The van der Waals surface area contributed by atoms with E-state index < -0.39 is 0 Å². The predicted molar refractivity (Wildman–Crippen MR) is 104 cm³/mol. The SMILES string of the molecule is Cc1cc(Oc2ccc(C(=N)N)cc2)nc(NC2CCCC(C)C2C)n1. The van der Waals surface area contributed by atoms with Crippen molar-refractivity contribution < 1.29 is 4.74 Å². The number of aryl methyl sites for hydroxylation is 1. The Balaban J connectivity index is 1.74. The quantitative estimate of drug-likeness (QED) is 0.555. The van der Waals surface area contributed by atoms with Gasteiger partial charge in [0.2, 0.25) is 11.8 Å². The molecule has 138 valence electrons. The van der Waals surface area contributed by atoms with Crippen LogP contribution >= 0.6 is 0 Å². The van der Waals surface area contributed by atoms with Crippen LogP contribution in [0, 0.1) is 24.2 Å². The zero-order valence-electron chi connectivity index (χ0n) is 15.6. The van der Waals surface area contributed by atoms with Gasteiger partial charge in [-0.15, -0.1) is 0 Å². The number of benzene rings is 1. The minimum atomic E-state index is 0.0387. The summed E-state index contributed by atoms with van der Waals surface area (Å²) in [6.45, 7) is 6.55. The summed E-state index contributed by atoms with van der Waals surface area (Å²) >= 11 is 0. The van der Waals surface area contributed by atoms with Crippen molar-refractivity contribution in [1.82, 2.24) is 9.97 Å². The van der Waals surface area contributed by atoms with Crippen molar-refractivity contribution in [1.29, 1.82) is 5.41 Å². The van der Waals surface area contributed by atoms with Crippen molar-refractivity contribution in [2.75, 3.05) is 5.32 Å². The van der Waals surface area contributed by atoms with Crippen LogP contribution in [-0.2, 0) is 0 Å². The van der Waals surface area contributed by atoms with Crippen LogP contribution in [-0.4, -0.2) is 21.8 Å². The Bertz CT molecular complexity index is 774. The van der Waals surface area contributed by atoms with Crippen molar-refractivity contribution in [3.05, 3.63) is 41.6 Å². The monoisotopic (exact) mass is 353 g/mol. The molecule has 1 aliphatic rings. The molecule has 1 saturated carbocycles. The third-order valence-corrected chi connectivity index (χ3v) is 5.24. The summed E-state index contributed by atoms with van der Waals surface area (Å²) in [7, 11) is 0. The highest BCUT2D eigenvalue weighted by Crippen LogP contribution is 2.31. The first kappa shape index (κ1) is 18.2. The molecule has 26 heavy (non-hydrogen) atoms. The molecule has 1 aliphatic carbocycles. The van der Waals surface area contributed by atoms with Crippen LogP contribution in [0.15, 0.2) is 30.3 Å². The van der Waals surface area contributed by atoms with E-state index >= 15 is 0 Å². The number of nitrogens with zero attached hydrogens (tertiary/aromatic N) is 2. The molecule has 6 nitrogen and oxygen atoms in total. The number of hydrogen-bond donors (Lipinski definition) is 3. The fraction of sp³-hybridized carbons (Fsp3) is 0.450. The summed E-state index contributed by atoms with van der Waals surface area (Å²) in [6, 6.07) is 9.30. The van der Waals surface area contributed by atoms with Crippen LogP contribution < -0.4 is 15.8 Å². The Morgan fingerprint density at radius 1 is 1.19 bits per heavy atom. The van der Waals surface area contributed by atoms with Gasteiger partial charge in [-0.3, -0.25) is 5.41 Å². The molecule has 0 radical (unpaired) electrons. The van der Waals surface area contributed by atoms with E-state index in [1.165, 1.54) is 12.8 Å². The molecular formula is C20H27N5O. The number of nitrogens with one attached hydrogen (secondary N) is 2. The van der Waals surface area contributed by atoms with Crippen LogP contribution in [0.25, 0.3) is 0 Å². The molecule has 6 heteroatoms. The van der Waals surface area contributed by atoms with E-state index in [1.807, 2.05) is 13.0 Å². The Morgan fingerprint density at radius 2 is 1.92 bits per heavy atom. The molecule has 1 fully saturated rings. The summed E-state index contributed by atoms with van der Waals surface area (Å²) in [4.78, 5) is 9.05. The second-order valence-electron chi connectivity index (χ2n) is 7.23. The third-order valence-electron chi connectivity index (χ3n) is 5.24. The zero-order valence-corrected chi connectivity index (χ0v) is 15.6. The molecule has 0 bridgehead atoms. The van der Waals surface area contributed by atoms with Gasteiger partial charge in [-0.05, 0) is 49.4 Å². The molecule has 3 rings (SSSR count). The van der Waals surface area contributed by atoms with Gasteiger partial charge in [0.25, 0.3) is 0 Å². The molecule has 2 aromatic rings. The molecule has 1 heterocycles. The maximum Gasteiger partial charge on any atom is 0.226 e. The highest BCUT2D eigenvalue weighted by molar-refractivity contribution is 5.94. The van der Waals surface area contributed by atoms with Crippen LogP contribution in [0.3, 0.4) is 0 Å². The van der Waals surface area contributed by atoms with Crippen LogP contribution in [0.2, 0.25) is 0 Å². The van der Waals surface area contributed by atoms with Crippen LogP contribution in [0.5, 0.6) is 11.6 Å². The lowest BCUT2D eigenvalue weighted by Crippen LogP contribution is -2.35. The van der Waals surface area contributed by atoms with E-state index in [-0.39, 0.29) is 5.84 Å². The molecule has 1 aromatic carbocycles. The van der Waals surface area contributed by atoms with Crippen molar-refractivity contribution >= 4 is 11.8 Å². The van der Waals surface area contributed by atoms with Gasteiger partial charge in [0, 0.05) is 23.4 Å². The highest BCUT2D eigenvalue weighted by Gasteiger charge is 2.27. The van der Waals surface area contributed by atoms with Crippen molar-refractivity contribution in [3.8, 4) is 11.6 Å². The van der Waals surface area contributed by atoms with Gasteiger partial charge in [-0.2, -0.15) is 4.98 Å². The van der Waals surface area contributed by atoms with E-state index in [1.54, 1.807) is 24.3 Å². The molecule has 0 amide bonds. The van der Waals surface area contributed by atoms with Gasteiger partial charge >= 0.3 is 0 Å². The second-order valence-corrected chi connectivity index (χ2v) is 7.23. The largest absolute Gasteiger partial charge is 0.439 e. The average molecular weight is 353 g/mol. The molecule has 1 aromatic heterocycles. The zero-order chi connectivity index (χ0) is 18.7. The molecular weight excluding hydrogens is 326 g/mol. The van der Waals surface area contributed by atoms with Gasteiger partial charge < -0.3 is 15.8 Å². The van der Waals surface area contributed by atoms with E-state index in [0.29, 0.717) is 41.0 Å². The number of anilines is 1. The Labute approximate surface area is 154 Å². The van der Waals surface area contributed by atoms with E-state index in [0.717, 1.165) is 12.1 Å². The number of nitrogens with two attached hydrogens (primary N) is 1. The lowest BCUT2D eigenvalue weighted by Gasteiger charge is -2.34. The minimum Gasteiger partial charge on any atom is -0.439 e. The van der Waals surface area contributed by atoms with Crippen molar-refractivity contribution in [2.45, 2.75) is 46.1 Å². The molecule has 0 aliphatic heterocycles. The average Bonchev–Trinajstić information content (AvgIpc) is 2.59. The first-order chi connectivity index (χ1) is 12.4. The van der Waals surface area contributed by atoms with E-state index in [4.69, 9.17) is 15.9 Å². The Kier molecular flexibility index (Phi) is 5.40. The fourth-order valence-electron chi connectivity index (χ4n) is 3.43.